The summed E-state index contributed by atoms with van der Waals surface area (Å²) in [5, 5.41) is 11.0. The zero-order valence-corrected chi connectivity index (χ0v) is 21.3. The largest absolute Gasteiger partial charge is 0.481 e. The molecule has 0 saturated heterocycles. The second kappa shape index (κ2) is 10.5. The van der Waals surface area contributed by atoms with Crippen LogP contribution in [0.3, 0.4) is 0 Å². The second-order valence-electron chi connectivity index (χ2n) is 9.29. The van der Waals surface area contributed by atoms with Crippen molar-refractivity contribution in [3.63, 3.8) is 0 Å². The molecule has 37 heavy (non-hydrogen) atoms. The molecule has 1 amide bonds. The molecule has 4 N–H and O–H groups in total. The monoisotopic (exact) mass is 504 g/mol. The molecule has 0 unspecified atom stereocenters. The van der Waals surface area contributed by atoms with E-state index in [4.69, 9.17) is 15.2 Å². The van der Waals surface area contributed by atoms with Gasteiger partial charge in [-0.1, -0.05) is 6.92 Å². The van der Waals surface area contributed by atoms with Gasteiger partial charge in [0.05, 0.1) is 42.5 Å². The Balaban J connectivity index is 1.57. The Morgan fingerprint density at radius 2 is 2.16 bits per heavy atom. The maximum absolute atomic E-state index is 13.5. The normalized spacial score (nSPS) is 18.7. The van der Waals surface area contributed by atoms with Crippen LogP contribution in [0.25, 0.3) is 11.3 Å². The van der Waals surface area contributed by atoms with Crippen molar-refractivity contribution in [2.24, 2.45) is 23.7 Å². The van der Waals surface area contributed by atoms with Crippen LogP contribution in [-0.2, 0) is 7.05 Å². The summed E-state index contributed by atoms with van der Waals surface area (Å²) in [5.41, 5.74) is 10.1. The van der Waals surface area contributed by atoms with Crippen molar-refractivity contribution in [2.75, 3.05) is 48.9 Å². The molecule has 4 heterocycles. The minimum absolute atomic E-state index is 0.309. The van der Waals surface area contributed by atoms with Crippen molar-refractivity contribution in [2.45, 2.75) is 19.8 Å². The second-order valence-corrected chi connectivity index (χ2v) is 9.29. The van der Waals surface area contributed by atoms with Gasteiger partial charge in [-0.2, -0.15) is 10.1 Å². The van der Waals surface area contributed by atoms with E-state index in [1.165, 1.54) is 7.11 Å². The molecule has 5 rings (SSSR count). The van der Waals surface area contributed by atoms with Crippen LogP contribution >= 0.6 is 0 Å². The van der Waals surface area contributed by atoms with Crippen molar-refractivity contribution in [1.82, 2.24) is 14.8 Å². The SMILES string of the molecule is COc1cc2cc(n1)-c1cnn(C)c1OCCC[C@@H](C)CN1/C(=N/C2=O)Nc2ccc(NCCN)cc21. The Kier molecular flexibility index (Phi) is 6.95. The average molecular weight is 505 g/mol. The van der Waals surface area contributed by atoms with Crippen molar-refractivity contribution < 1.29 is 14.3 Å². The number of ether oxygens (including phenoxy) is 2. The molecule has 1 atom stereocenters. The third-order valence-electron chi connectivity index (χ3n) is 6.46. The molecule has 0 aliphatic carbocycles. The first-order chi connectivity index (χ1) is 18.0. The maximum atomic E-state index is 13.5. The molecule has 11 heteroatoms. The molecule has 194 valence electrons. The number of rotatable bonds is 4. The van der Waals surface area contributed by atoms with Crippen LogP contribution < -0.4 is 30.7 Å². The Morgan fingerprint density at radius 3 is 2.97 bits per heavy atom. The molecule has 0 radical (unpaired) electrons. The van der Waals surface area contributed by atoms with Gasteiger partial charge in [0.15, 0.2) is 0 Å². The van der Waals surface area contributed by atoms with Crippen LogP contribution in [0.15, 0.2) is 41.5 Å². The van der Waals surface area contributed by atoms with E-state index in [2.05, 4.69) is 43.6 Å². The number of nitrogens with zero attached hydrogens (tertiary/aromatic N) is 5. The summed E-state index contributed by atoms with van der Waals surface area (Å²) in [6, 6.07) is 9.33. The van der Waals surface area contributed by atoms with E-state index in [9.17, 15) is 4.79 Å². The lowest BCUT2D eigenvalue weighted by atomic mass is 10.1. The number of hydrogen-bond acceptors (Lipinski definition) is 9. The van der Waals surface area contributed by atoms with Crippen molar-refractivity contribution in [1.29, 1.82) is 0 Å². The van der Waals surface area contributed by atoms with Crippen LogP contribution in [-0.4, -0.2) is 60.0 Å². The number of aromatic nitrogens is 3. The van der Waals surface area contributed by atoms with Gasteiger partial charge in [0.2, 0.25) is 17.7 Å². The molecule has 1 aromatic carbocycles. The highest BCUT2D eigenvalue weighted by Crippen LogP contribution is 2.36. The molecule has 2 aliphatic heterocycles. The molecule has 11 nitrogen and oxygen atoms in total. The summed E-state index contributed by atoms with van der Waals surface area (Å²) in [4.78, 5) is 24.6. The predicted octanol–water partition coefficient (Wildman–Crippen LogP) is 3.10. The lowest BCUT2D eigenvalue weighted by Crippen LogP contribution is -2.35. The van der Waals surface area contributed by atoms with E-state index in [1.807, 2.05) is 19.2 Å². The first-order valence-corrected chi connectivity index (χ1v) is 12.4. The number of amides is 1. The molecule has 3 aromatic rings. The number of benzene rings is 1. The Morgan fingerprint density at radius 1 is 1.30 bits per heavy atom. The topological polar surface area (TPSA) is 132 Å². The zero-order valence-electron chi connectivity index (χ0n) is 21.3. The molecule has 2 bridgehead atoms. The van der Waals surface area contributed by atoms with Crippen LogP contribution in [0, 0.1) is 5.92 Å². The lowest BCUT2D eigenvalue weighted by Gasteiger charge is -2.23. The number of hydrogen-bond donors (Lipinski definition) is 3. The van der Waals surface area contributed by atoms with Gasteiger partial charge in [0, 0.05) is 44.0 Å². The quantitative estimate of drug-likeness (QED) is 0.490. The van der Waals surface area contributed by atoms with Crippen molar-refractivity contribution >= 4 is 28.9 Å². The summed E-state index contributed by atoms with van der Waals surface area (Å²) < 4.78 is 13.2. The smallest absolute Gasteiger partial charge is 0.280 e. The van der Waals surface area contributed by atoms with Gasteiger partial charge in [-0.15, -0.1) is 0 Å². The number of methoxy groups -OCH3 is 1. The molecule has 0 saturated carbocycles. The fraction of sp³-hybridized carbons (Fsp3) is 0.385. The number of nitrogens with one attached hydrogen (secondary N) is 2. The Bertz CT molecular complexity index is 1340. The number of guanidine groups is 1. The van der Waals surface area contributed by atoms with Gasteiger partial charge in [-0.25, -0.2) is 9.67 Å². The summed E-state index contributed by atoms with van der Waals surface area (Å²) in [7, 11) is 3.34. The first-order valence-electron chi connectivity index (χ1n) is 12.4. The van der Waals surface area contributed by atoms with Crippen molar-refractivity contribution in [3.8, 4) is 23.0 Å². The summed E-state index contributed by atoms with van der Waals surface area (Å²) >= 11 is 0. The number of pyridine rings is 1. The molecule has 2 aliphatic rings. The van der Waals surface area contributed by atoms with E-state index >= 15 is 0 Å². The maximum Gasteiger partial charge on any atom is 0.280 e. The molecule has 0 spiro atoms. The molecule has 0 fully saturated rings. The predicted molar refractivity (Wildman–Crippen MR) is 144 cm³/mol. The van der Waals surface area contributed by atoms with Gasteiger partial charge >= 0.3 is 0 Å². The van der Waals surface area contributed by atoms with E-state index < -0.39 is 5.91 Å². The fourth-order valence-corrected chi connectivity index (χ4v) is 4.57. The third-order valence-corrected chi connectivity index (χ3v) is 6.46. The average Bonchev–Trinajstić information content (AvgIpc) is 3.43. The van der Waals surface area contributed by atoms with E-state index in [0.29, 0.717) is 66.7 Å². The minimum Gasteiger partial charge on any atom is -0.481 e. The van der Waals surface area contributed by atoms with Crippen LogP contribution in [0.1, 0.15) is 30.1 Å². The summed E-state index contributed by atoms with van der Waals surface area (Å²) in [6.45, 7) is 4.63. The number of fused-ring (bicyclic) bond motifs is 7. The molecular weight excluding hydrogens is 472 g/mol. The van der Waals surface area contributed by atoms with Gasteiger partial charge in [0.1, 0.15) is 0 Å². The number of carbonyl (C=O) groups is 1. The zero-order chi connectivity index (χ0) is 25.9. The van der Waals surface area contributed by atoms with E-state index in [0.717, 1.165) is 29.9 Å². The van der Waals surface area contributed by atoms with Gasteiger partial charge in [0.25, 0.3) is 5.91 Å². The number of anilines is 3. The van der Waals surface area contributed by atoms with Crippen LogP contribution in [0.4, 0.5) is 17.1 Å². The molecular formula is C26H32N8O3. The van der Waals surface area contributed by atoms with Crippen LogP contribution in [0.2, 0.25) is 0 Å². The highest BCUT2D eigenvalue weighted by molar-refractivity contribution is 6.19. The van der Waals surface area contributed by atoms with Crippen LogP contribution in [0.5, 0.6) is 11.8 Å². The third kappa shape index (κ3) is 5.08. The minimum atomic E-state index is -0.405. The summed E-state index contributed by atoms with van der Waals surface area (Å²) in [6.07, 6.45) is 3.48. The molecule has 2 aromatic heterocycles. The van der Waals surface area contributed by atoms with Gasteiger partial charge < -0.3 is 30.7 Å². The highest BCUT2D eigenvalue weighted by atomic mass is 16.5. The highest BCUT2D eigenvalue weighted by Gasteiger charge is 2.29. The van der Waals surface area contributed by atoms with Gasteiger partial charge in [-0.05, 0) is 43.0 Å². The lowest BCUT2D eigenvalue weighted by molar-refractivity contribution is 0.100. The standard InChI is InChI=1S/C26H32N8O3/c1-16-5-4-10-37-25-19(14-29-33(25)2)21-11-17(12-23(30-21)36-3)24(35)32-26-31-20-7-6-18(28-9-8-27)13-22(20)34(26)15-16/h6-7,11-14,16,28H,4-5,8-10,15,27H2,1-3H3,(H,31,32,35)/t16-/m1/s1. The van der Waals surface area contributed by atoms with Gasteiger partial charge in [-0.3, -0.25) is 4.79 Å². The number of carbonyl (C=O) groups excluding carboxylic acids is 1. The van der Waals surface area contributed by atoms with Crippen molar-refractivity contribution in [3.05, 3.63) is 42.1 Å². The Labute approximate surface area is 215 Å². The fourth-order valence-electron chi connectivity index (χ4n) is 4.57. The summed E-state index contributed by atoms with van der Waals surface area (Å²) in [5.74, 6) is 1.31. The number of aryl methyl sites for hydroxylation is 1. The Hall–Kier alpha value is -4.12. The van der Waals surface area contributed by atoms with E-state index in [1.54, 1.807) is 23.0 Å². The first kappa shape index (κ1) is 24.6. The number of aliphatic imine (C=N–C) groups is 1. The van der Waals surface area contributed by atoms with E-state index in [-0.39, 0.29) is 0 Å². The number of nitrogens with two attached hydrogens (primary N) is 1.